The van der Waals surface area contributed by atoms with Gasteiger partial charge in [-0.15, -0.1) is 0 Å². The van der Waals surface area contributed by atoms with Crippen molar-refractivity contribution < 1.29 is 18.0 Å². The van der Waals surface area contributed by atoms with E-state index in [1.807, 2.05) is 13.8 Å². The molecule has 1 unspecified atom stereocenters. The maximum atomic E-state index is 13.8. The van der Waals surface area contributed by atoms with Crippen LogP contribution < -0.4 is 9.62 Å². The van der Waals surface area contributed by atoms with Gasteiger partial charge >= 0.3 is 0 Å². The zero-order chi connectivity index (χ0) is 27.3. The van der Waals surface area contributed by atoms with E-state index in [1.54, 1.807) is 49.4 Å². The molecule has 0 aliphatic heterocycles. The average molecular weight is 563 g/mol. The molecule has 0 saturated heterocycles. The average Bonchev–Trinajstić information content (AvgIpc) is 2.87. The summed E-state index contributed by atoms with van der Waals surface area (Å²) in [5, 5.41) is 3.37. The molecule has 10 heteroatoms. The fraction of sp³-hybridized carbons (Fsp3) is 0.259. The third-order valence-corrected chi connectivity index (χ3v) is 8.58. The number of halogens is 2. The number of carbonyl (C=O) groups excluding carboxylic acids is 2. The maximum absolute atomic E-state index is 13.8. The number of nitrogens with one attached hydrogen (secondary N) is 1. The fourth-order valence-electron chi connectivity index (χ4n) is 3.74. The summed E-state index contributed by atoms with van der Waals surface area (Å²) in [6, 6.07) is 17.0. The van der Waals surface area contributed by atoms with E-state index in [-0.39, 0.29) is 11.4 Å². The molecule has 0 bridgehead atoms. The molecule has 0 radical (unpaired) electrons. The fourth-order valence-corrected chi connectivity index (χ4v) is 5.47. The second kappa shape index (κ2) is 12.0. The lowest BCUT2D eigenvalue weighted by Gasteiger charge is -2.32. The predicted molar refractivity (Wildman–Crippen MR) is 147 cm³/mol. The highest BCUT2D eigenvalue weighted by Gasteiger charge is 2.32. The molecule has 0 aliphatic rings. The van der Waals surface area contributed by atoms with Crippen molar-refractivity contribution in [3.63, 3.8) is 0 Å². The number of benzene rings is 3. The van der Waals surface area contributed by atoms with Gasteiger partial charge in [0.1, 0.15) is 12.6 Å². The Morgan fingerprint density at radius 1 is 0.946 bits per heavy atom. The van der Waals surface area contributed by atoms with Gasteiger partial charge in [-0.2, -0.15) is 0 Å². The Hall–Kier alpha value is -3.07. The van der Waals surface area contributed by atoms with E-state index in [9.17, 15) is 18.0 Å². The summed E-state index contributed by atoms with van der Waals surface area (Å²) in [4.78, 5) is 27.6. The van der Waals surface area contributed by atoms with Crippen molar-refractivity contribution >= 4 is 50.7 Å². The molecule has 0 aromatic heterocycles. The summed E-state index contributed by atoms with van der Waals surface area (Å²) in [5.41, 5.74) is 2.81. The van der Waals surface area contributed by atoms with Crippen molar-refractivity contribution in [3.05, 3.63) is 93.5 Å². The molecule has 0 aliphatic carbocycles. The number of rotatable bonds is 9. The zero-order valence-corrected chi connectivity index (χ0v) is 23.4. The standard InChI is InChI=1S/C27H29Cl2N3O4S/c1-18-9-12-23(15-19(18)2)32(37(35,36)24-13-10-22(28)11-14-24)17-26(33)31(20(3)27(34)30-4)16-21-7-5-6-8-25(21)29/h5-15,20H,16-17H2,1-4H3,(H,30,34). The Kier molecular flexibility index (Phi) is 9.23. The molecule has 3 aromatic rings. The first-order chi connectivity index (χ1) is 17.4. The minimum absolute atomic E-state index is 0.0140. The SMILES string of the molecule is CNC(=O)C(C)N(Cc1ccccc1Cl)C(=O)CN(c1ccc(C)c(C)c1)S(=O)(=O)c1ccc(Cl)cc1. The summed E-state index contributed by atoms with van der Waals surface area (Å²) in [6.07, 6.45) is 0. The lowest BCUT2D eigenvalue weighted by molar-refractivity contribution is -0.139. The number of nitrogens with zero attached hydrogens (tertiary/aromatic N) is 2. The smallest absolute Gasteiger partial charge is 0.264 e. The monoisotopic (exact) mass is 561 g/mol. The van der Waals surface area contributed by atoms with Gasteiger partial charge in [0.2, 0.25) is 11.8 Å². The summed E-state index contributed by atoms with van der Waals surface area (Å²) in [5.74, 6) is -0.953. The van der Waals surface area contributed by atoms with E-state index in [4.69, 9.17) is 23.2 Å². The Balaban J connectivity index is 2.07. The van der Waals surface area contributed by atoms with Crippen molar-refractivity contribution in [2.45, 2.75) is 38.3 Å². The number of anilines is 1. The van der Waals surface area contributed by atoms with E-state index < -0.39 is 34.4 Å². The quantitative estimate of drug-likeness (QED) is 0.399. The Bertz CT molecular complexity index is 1400. The van der Waals surface area contributed by atoms with Gasteiger partial charge in [0.25, 0.3) is 10.0 Å². The normalized spacial score (nSPS) is 12.1. The molecule has 0 heterocycles. The van der Waals surface area contributed by atoms with Gasteiger partial charge in [-0.05, 0) is 79.9 Å². The van der Waals surface area contributed by atoms with Gasteiger partial charge in [-0.3, -0.25) is 13.9 Å². The second-order valence-corrected chi connectivity index (χ2v) is 11.3. The van der Waals surface area contributed by atoms with E-state index in [2.05, 4.69) is 5.32 Å². The lowest BCUT2D eigenvalue weighted by atomic mass is 10.1. The van der Waals surface area contributed by atoms with Crippen LogP contribution >= 0.6 is 23.2 Å². The van der Waals surface area contributed by atoms with E-state index in [0.717, 1.165) is 15.4 Å². The van der Waals surface area contributed by atoms with Crippen LogP contribution in [0, 0.1) is 13.8 Å². The van der Waals surface area contributed by atoms with Gasteiger partial charge in [-0.25, -0.2) is 8.42 Å². The minimum atomic E-state index is -4.16. The van der Waals surface area contributed by atoms with Gasteiger partial charge < -0.3 is 10.2 Å². The molecule has 3 aromatic carbocycles. The Morgan fingerprint density at radius 2 is 1.59 bits per heavy atom. The topological polar surface area (TPSA) is 86.8 Å². The van der Waals surface area contributed by atoms with Gasteiger partial charge in [0, 0.05) is 23.6 Å². The molecule has 37 heavy (non-hydrogen) atoms. The molecular formula is C27H29Cl2N3O4S. The van der Waals surface area contributed by atoms with Crippen LogP contribution in [0.1, 0.15) is 23.6 Å². The molecular weight excluding hydrogens is 533 g/mol. The Labute approximate surface area is 228 Å². The van der Waals surface area contributed by atoms with Crippen LogP contribution in [0.15, 0.2) is 71.6 Å². The number of hydrogen-bond acceptors (Lipinski definition) is 4. The number of likely N-dealkylation sites (N-methyl/N-ethyl adjacent to an activating group) is 1. The van der Waals surface area contributed by atoms with E-state index in [1.165, 1.54) is 36.2 Å². The van der Waals surface area contributed by atoms with Crippen LogP contribution in [-0.4, -0.2) is 44.8 Å². The summed E-state index contributed by atoms with van der Waals surface area (Å²) < 4.78 is 28.6. The third-order valence-electron chi connectivity index (χ3n) is 6.17. The predicted octanol–water partition coefficient (Wildman–Crippen LogP) is 4.97. The number of hydrogen-bond donors (Lipinski definition) is 1. The van der Waals surface area contributed by atoms with Crippen LogP contribution in [0.2, 0.25) is 10.0 Å². The van der Waals surface area contributed by atoms with Crippen LogP contribution in [0.3, 0.4) is 0 Å². The van der Waals surface area contributed by atoms with E-state index >= 15 is 0 Å². The Morgan fingerprint density at radius 3 is 2.19 bits per heavy atom. The first-order valence-electron chi connectivity index (χ1n) is 11.6. The molecule has 0 saturated carbocycles. The lowest BCUT2D eigenvalue weighted by Crippen LogP contribution is -2.50. The first-order valence-corrected chi connectivity index (χ1v) is 13.7. The second-order valence-electron chi connectivity index (χ2n) is 8.64. The van der Waals surface area contributed by atoms with Crippen molar-refractivity contribution in [3.8, 4) is 0 Å². The van der Waals surface area contributed by atoms with Gasteiger partial charge in [0.05, 0.1) is 10.6 Å². The first kappa shape index (κ1) is 28.5. The molecule has 7 nitrogen and oxygen atoms in total. The number of carbonyl (C=O) groups is 2. The molecule has 1 N–H and O–H groups in total. The molecule has 196 valence electrons. The van der Waals surface area contributed by atoms with Gasteiger partial charge in [-0.1, -0.05) is 47.5 Å². The van der Waals surface area contributed by atoms with Crippen molar-refractivity contribution in [2.24, 2.45) is 0 Å². The molecule has 1 atom stereocenters. The summed E-state index contributed by atoms with van der Waals surface area (Å²) in [6.45, 7) is 4.86. The largest absolute Gasteiger partial charge is 0.357 e. The molecule has 0 spiro atoms. The minimum Gasteiger partial charge on any atom is -0.357 e. The van der Waals surface area contributed by atoms with E-state index in [0.29, 0.717) is 21.3 Å². The number of aryl methyl sites for hydroxylation is 2. The van der Waals surface area contributed by atoms with Crippen LogP contribution in [0.4, 0.5) is 5.69 Å². The third kappa shape index (κ3) is 6.63. The van der Waals surface area contributed by atoms with Crippen LogP contribution in [-0.2, 0) is 26.2 Å². The molecule has 0 fully saturated rings. The van der Waals surface area contributed by atoms with Crippen molar-refractivity contribution in [1.82, 2.24) is 10.2 Å². The highest BCUT2D eigenvalue weighted by atomic mass is 35.5. The number of sulfonamides is 1. The zero-order valence-electron chi connectivity index (χ0n) is 21.0. The molecule has 3 rings (SSSR count). The number of amides is 2. The van der Waals surface area contributed by atoms with Crippen molar-refractivity contribution in [2.75, 3.05) is 17.9 Å². The highest BCUT2D eigenvalue weighted by Crippen LogP contribution is 2.27. The van der Waals surface area contributed by atoms with Gasteiger partial charge in [0.15, 0.2) is 0 Å². The summed E-state index contributed by atoms with van der Waals surface area (Å²) in [7, 11) is -2.69. The highest BCUT2D eigenvalue weighted by molar-refractivity contribution is 7.92. The summed E-state index contributed by atoms with van der Waals surface area (Å²) >= 11 is 12.3. The maximum Gasteiger partial charge on any atom is 0.264 e. The van der Waals surface area contributed by atoms with Crippen LogP contribution in [0.25, 0.3) is 0 Å². The molecule has 2 amide bonds. The van der Waals surface area contributed by atoms with Crippen molar-refractivity contribution in [1.29, 1.82) is 0 Å². The van der Waals surface area contributed by atoms with Crippen LogP contribution in [0.5, 0.6) is 0 Å².